The third-order valence-electron chi connectivity index (χ3n) is 3.64. The van der Waals surface area contributed by atoms with E-state index in [0.717, 1.165) is 35.7 Å². The van der Waals surface area contributed by atoms with Crippen LogP contribution in [0.4, 0.5) is 0 Å². The van der Waals surface area contributed by atoms with Crippen molar-refractivity contribution in [1.82, 2.24) is 5.32 Å². The predicted molar refractivity (Wildman–Crippen MR) is 80.2 cm³/mol. The number of hydrogen-bond donors (Lipinski definition) is 2. The van der Waals surface area contributed by atoms with E-state index in [1.807, 2.05) is 12.1 Å². The van der Waals surface area contributed by atoms with Crippen LogP contribution in [0.2, 0.25) is 4.34 Å². The van der Waals surface area contributed by atoms with E-state index >= 15 is 0 Å². The molecule has 1 aromatic heterocycles. The highest BCUT2D eigenvalue weighted by atomic mass is 35.5. The van der Waals surface area contributed by atoms with Crippen molar-refractivity contribution in [3.63, 3.8) is 0 Å². The van der Waals surface area contributed by atoms with Crippen LogP contribution in [0.1, 0.15) is 28.5 Å². The van der Waals surface area contributed by atoms with E-state index in [1.165, 1.54) is 10.4 Å². The normalized spacial score (nSPS) is 17.6. The summed E-state index contributed by atoms with van der Waals surface area (Å²) in [6.45, 7) is 0.941. The Balaban J connectivity index is 1.59. The predicted octanol–water partition coefficient (Wildman–Crippen LogP) is 3.93. The van der Waals surface area contributed by atoms with Gasteiger partial charge in [0, 0.05) is 17.5 Å². The lowest BCUT2D eigenvalue weighted by atomic mass is 10.1. The summed E-state index contributed by atoms with van der Waals surface area (Å²) in [5, 5.41) is 13.4. The molecule has 2 aromatic rings. The minimum atomic E-state index is 0.373. The molecule has 0 fully saturated rings. The van der Waals surface area contributed by atoms with Crippen molar-refractivity contribution >= 4 is 22.9 Å². The molecule has 0 radical (unpaired) electrons. The fourth-order valence-corrected chi connectivity index (χ4v) is 3.79. The number of nitrogens with one attached hydrogen (secondary N) is 1. The summed E-state index contributed by atoms with van der Waals surface area (Å²) in [6.07, 6.45) is 3.03. The van der Waals surface area contributed by atoms with Crippen LogP contribution in [0, 0.1) is 0 Å². The molecule has 4 heteroatoms. The smallest absolute Gasteiger partial charge is 0.119 e. The van der Waals surface area contributed by atoms with Crippen LogP contribution in [-0.4, -0.2) is 11.7 Å². The van der Waals surface area contributed by atoms with Gasteiger partial charge in [-0.25, -0.2) is 0 Å². The molecule has 3 rings (SSSR count). The summed E-state index contributed by atoms with van der Waals surface area (Å²) in [5.41, 5.74) is 2.36. The second-order valence-electron chi connectivity index (χ2n) is 4.85. The molecule has 0 saturated heterocycles. The van der Waals surface area contributed by atoms with Crippen molar-refractivity contribution in [3.05, 3.63) is 50.7 Å². The van der Waals surface area contributed by atoms with Crippen LogP contribution in [0.5, 0.6) is 5.75 Å². The van der Waals surface area contributed by atoms with E-state index in [2.05, 4.69) is 17.4 Å². The van der Waals surface area contributed by atoms with E-state index in [-0.39, 0.29) is 0 Å². The maximum atomic E-state index is 9.81. The molecule has 1 aliphatic rings. The first-order valence-electron chi connectivity index (χ1n) is 6.52. The van der Waals surface area contributed by atoms with Gasteiger partial charge in [0.25, 0.3) is 0 Å². The van der Waals surface area contributed by atoms with Crippen LogP contribution in [0.15, 0.2) is 30.3 Å². The third kappa shape index (κ3) is 2.78. The lowest BCUT2D eigenvalue weighted by Gasteiger charge is -2.13. The Kier molecular flexibility index (Phi) is 3.78. The summed E-state index contributed by atoms with van der Waals surface area (Å²) in [7, 11) is 0. The van der Waals surface area contributed by atoms with Crippen molar-refractivity contribution in [3.8, 4) is 5.75 Å². The zero-order valence-electron chi connectivity index (χ0n) is 10.5. The molecule has 1 aliphatic carbocycles. The monoisotopic (exact) mass is 293 g/mol. The molecular formula is C15H16ClNOS. The Bertz CT molecular complexity index is 581. The molecule has 2 nitrogen and oxygen atoms in total. The quantitative estimate of drug-likeness (QED) is 0.895. The Morgan fingerprint density at radius 2 is 2.21 bits per heavy atom. The molecule has 0 bridgehead atoms. The minimum absolute atomic E-state index is 0.373. The largest absolute Gasteiger partial charge is 0.508 e. The van der Waals surface area contributed by atoms with E-state index in [1.54, 1.807) is 17.4 Å². The first-order chi connectivity index (χ1) is 9.24. The number of aromatic hydroxyl groups is 1. The maximum absolute atomic E-state index is 9.81. The van der Waals surface area contributed by atoms with Crippen molar-refractivity contribution in [2.24, 2.45) is 0 Å². The minimum Gasteiger partial charge on any atom is -0.508 e. The van der Waals surface area contributed by atoms with Crippen molar-refractivity contribution in [1.29, 1.82) is 0 Å². The molecular weight excluding hydrogens is 278 g/mol. The molecule has 1 aromatic carbocycles. The van der Waals surface area contributed by atoms with Gasteiger partial charge in [-0.3, -0.25) is 0 Å². The SMILES string of the molecule is Oc1cccc2c1CCC2NCCc1ccc(Cl)s1. The van der Waals surface area contributed by atoms with Gasteiger partial charge < -0.3 is 10.4 Å². The van der Waals surface area contributed by atoms with Crippen LogP contribution in [-0.2, 0) is 12.8 Å². The van der Waals surface area contributed by atoms with Gasteiger partial charge in [-0.15, -0.1) is 11.3 Å². The number of hydrogen-bond acceptors (Lipinski definition) is 3. The first kappa shape index (κ1) is 13.0. The highest BCUT2D eigenvalue weighted by molar-refractivity contribution is 7.16. The van der Waals surface area contributed by atoms with Crippen LogP contribution in [0.25, 0.3) is 0 Å². The average molecular weight is 294 g/mol. The van der Waals surface area contributed by atoms with Gasteiger partial charge in [-0.2, -0.15) is 0 Å². The number of phenols is 1. The Morgan fingerprint density at radius 1 is 1.32 bits per heavy atom. The van der Waals surface area contributed by atoms with Crippen molar-refractivity contribution < 1.29 is 5.11 Å². The van der Waals surface area contributed by atoms with Crippen LogP contribution >= 0.6 is 22.9 Å². The second kappa shape index (κ2) is 5.53. The molecule has 1 atom stereocenters. The van der Waals surface area contributed by atoms with Gasteiger partial charge >= 0.3 is 0 Å². The van der Waals surface area contributed by atoms with Gasteiger partial charge in [-0.05, 0) is 48.6 Å². The fraction of sp³-hybridized carbons (Fsp3) is 0.333. The van der Waals surface area contributed by atoms with Crippen LogP contribution < -0.4 is 5.32 Å². The van der Waals surface area contributed by atoms with Gasteiger partial charge in [0.1, 0.15) is 5.75 Å². The van der Waals surface area contributed by atoms with Crippen molar-refractivity contribution in [2.45, 2.75) is 25.3 Å². The molecule has 0 amide bonds. The van der Waals surface area contributed by atoms with Gasteiger partial charge in [-0.1, -0.05) is 23.7 Å². The lowest BCUT2D eigenvalue weighted by Crippen LogP contribution is -2.21. The number of halogens is 1. The summed E-state index contributed by atoms with van der Waals surface area (Å²) in [6, 6.07) is 10.2. The molecule has 0 spiro atoms. The summed E-state index contributed by atoms with van der Waals surface area (Å²) in [5.74, 6) is 0.437. The maximum Gasteiger partial charge on any atom is 0.119 e. The summed E-state index contributed by atoms with van der Waals surface area (Å²) < 4.78 is 0.853. The molecule has 1 unspecified atom stereocenters. The summed E-state index contributed by atoms with van der Waals surface area (Å²) in [4.78, 5) is 1.31. The molecule has 1 heterocycles. The third-order valence-corrected chi connectivity index (χ3v) is 4.93. The standard InChI is InChI=1S/C15H16ClNOS/c16-15-7-4-10(19-15)8-9-17-13-6-5-12-11(13)2-1-3-14(12)18/h1-4,7,13,17-18H,5-6,8-9H2. The number of thiophene rings is 1. The topological polar surface area (TPSA) is 32.3 Å². The zero-order valence-corrected chi connectivity index (χ0v) is 12.1. The van der Waals surface area contributed by atoms with Crippen molar-refractivity contribution in [2.75, 3.05) is 6.54 Å². The Hall–Kier alpha value is -1.03. The van der Waals surface area contributed by atoms with Gasteiger partial charge in [0.2, 0.25) is 0 Å². The average Bonchev–Trinajstić information content (AvgIpc) is 2.98. The second-order valence-corrected chi connectivity index (χ2v) is 6.65. The highest BCUT2D eigenvalue weighted by Crippen LogP contribution is 2.36. The number of benzene rings is 1. The first-order valence-corrected chi connectivity index (χ1v) is 7.72. The Morgan fingerprint density at radius 3 is 3.00 bits per heavy atom. The number of phenolic OH excluding ortho intramolecular Hbond substituents is 1. The van der Waals surface area contributed by atoms with Gasteiger partial charge in [0.15, 0.2) is 0 Å². The fourth-order valence-electron chi connectivity index (χ4n) is 2.70. The molecule has 100 valence electrons. The zero-order chi connectivity index (χ0) is 13.2. The van der Waals surface area contributed by atoms with E-state index in [9.17, 15) is 5.11 Å². The highest BCUT2D eigenvalue weighted by Gasteiger charge is 2.23. The number of rotatable bonds is 4. The van der Waals surface area contributed by atoms with Crippen LogP contribution in [0.3, 0.4) is 0 Å². The summed E-state index contributed by atoms with van der Waals surface area (Å²) >= 11 is 7.56. The van der Waals surface area contributed by atoms with E-state index < -0.39 is 0 Å². The van der Waals surface area contributed by atoms with E-state index in [0.29, 0.717) is 11.8 Å². The molecule has 2 N–H and O–H groups in total. The number of fused-ring (bicyclic) bond motifs is 1. The van der Waals surface area contributed by atoms with Gasteiger partial charge in [0.05, 0.1) is 4.34 Å². The molecule has 0 aliphatic heterocycles. The van der Waals surface area contributed by atoms with E-state index in [4.69, 9.17) is 11.6 Å². The Labute approximate surface area is 122 Å². The lowest BCUT2D eigenvalue weighted by molar-refractivity contribution is 0.469. The molecule has 0 saturated carbocycles. The molecule has 19 heavy (non-hydrogen) atoms.